The number of aromatic carboxylic acids is 1. The molecule has 162 valence electrons. The van der Waals surface area contributed by atoms with E-state index in [-0.39, 0.29) is 0 Å². The van der Waals surface area contributed by atoms with Crippen molar-refractivity contribution < 1.29 is 14.6 Å². The topological polar surface area (TPSA) is 51.5 Å². The maximum atomic E-state index is 12.1. The number of allylic oxidation sites excluding steroid dienone is 1. The minimum atomic E-state index is -0.914. The van der Waals surface area contributed by atoms with E-state index in [2.05, 4.69) is 18.7 Å². The van der Waals surface area contributed by atoms with Crippen molar-refractivity contribution in [1.82, 2.24) is 4.57 Å². The van der Waals surface area contributed by atoms with Crippen LogP contribution in [0.3, 0.4) is 0 Å². The second kappa shape index (κ2) is 10.4. The van der Waals surface area contributed by atoms with E-state index in [0.717, 1.165) is 33.3 Å². The third-order valence-corrected chi connectivity index (χ3v) is 6.28. The molecule has 1 aromatic heterocycles. The van der Waals surface area contributed by atoms with Gasteiger partial charge in [-0.15, -0.1) is 18.3 Å². The van der Waals surface area contributed by atoms with E-state index in [1.807, 2.05) is 72.8 Å². The van der Waals surface area contributed by atoms with Crippen LogP contribution in [0.15, 0.2) is 72.3 Å². The van der Waals surface area contributed by atoms with Gasteiger partial charge >= 0.3 is 5.97 Å². The lowest BCUT2D eigenvalue weighted by atomic mass is 10.0. The first kappa shape index (κ1) is 22.8. The minimum absolute atomic E-state index is 0.322. The highest BCUT2D eigenvalue weighted by molar-refractivity contribution is 8.00. The highest BCUT2D eigenvalue weighted by Gasteiger charge is 2.23. The number of thioether (sulfide) groups is 1. The zero-order valence-corrected chi connectivity index (χ0v) is 19.1. The molecule has 0 atom stereocenters. The van der Waals surface area contributed by atoms with Gasteiger partial charge in [-0.05, 0) is 67.6 Å². The maximum Gasteiger partial charge on any atom is 0.353 e. The molecule has 4 rings (SSSR count). The van der Waals surface area contributed by atoms with Gasteiger partial charge in [0.15, 0.2) is 0 Å². The van der Waals surface area contributed by atoms with Crippen molar-refractivity contribution in [2.24, 2.45) is 0 Å². The van der Waals surface area contributed by atoms with Crippen molar-refractivity contribution in [1.29, 1.82) is 0 Å². The Bertz CT molecular complexity index is 1050. The predicted molar refractivity (Wildman–Crippen MR) is 128 cm³/mol. The molecule has 1 heterocycles. The minimum Gasteiger partial charge on any atom is -0.497 e. The lowest BCUT2D eigenvalue weighted by Crippen LogP contribution is -2.10. The van der Waals surface area contributed by atoms with E-state index in [1.54, 1.807) is 13.2 Å². The van der Waals surface area contributed by atoms with Crippen LogP contribution in [0.4, 0.5) is 0 Å². The van der Waals surface area contributed by atoms with Gasteiger partial charge in [0.1, 0.15) is 11.4 Å². The SMILES string of the molecule is C=CC.COc1cccc(Cn2cc(C)c(-c3ccc(SC4CC4)cc3)c2C(=O)O)c1. The molecule has 31 heavy (non-hydrogen) atoms. The number of ether oxygens (including phenoxy) is 1. The largest absolute Gasteiger partial charge is 0.497 e. The van der Waals surface area contributed by atoms with Gasteiger partial charge in [-0.3, -0.25) is 0 Å². The van der Waals surface area contributed by atoms with Crippen LogP contribution in [0.5, 0.6) is 5.75 Å². The molecule has 0 amide bonds. The zero-order chi connectivity index (χ0) is 22.4. The van der Waals surface area contributed by atoms with Gasteiger partial charge in [-0.25, -0.2) is 4.79 Å². The van der Waals surface area contributed by atoms with Crippen LogP contribution in [0.2, 0.25) is 0 Å². The Labute approximate surface area is 188 Å². The second-order valence-electron chi connectivity index (χ2n) is 7.57. The fourth-order valence-corrected chi connectivity index (χ4v) is 4.51. The molecular weight excluding hydrogens is 406 g/mol. The van der Waals surface area contributed by atoms with Crippen LogP contribution in [-0.4, -0.2) is 28.0 Å². The number of carboxylic acid groups (broad SMARTS) is 1. The Kier molecular flexibility index (Phi) is 7.64. The summed E-state index contributed by atoms with van der Waals surface area (Å²) in [5.41, 5.74) is 4.02. The number of hydrogen-bond donors (Lipinski definition) is 1. The van der Waals surface area contributed by atoms with E-state index in [9.17, 15) is 9.90 Å². The molecule has 1 aliphatic rings. The molecule has 0 saturated heterocycles. The predicted octanol–water partition coefficient (Wildman–Crippen LogP) is 6.67. The van der Waals surface area contributed by atoms with Crippen LogP contribution < -0.4 is 4.74 Å². The van der Waals surface area contributed by atoms with Crippen LogP contribution in [0, 0.1) is 6.92 Å². The summed E-state index contributed by atoms with van der Waals surface area (Å²) in [4.78, 5) is 13.4. The standard InChI is InChI=1S/C23H23NO3S.C3H6/c1-15-13-24(14-16-4-3-5-18(12-16)27-2)22(23(25)26)21(15)17-6-8-19(9-7-17)28-20-10-11-20;1-3-2/h3-9,12-13,20H,10-11,14H2,1-2H3,(H,25,26);3H,1H2,2H3. The van der Waals surface area contributed by atoms with Gasteiger partial charge in [-0.2, -0.15) is 0 Å². The Morgan fingerprint density at radius 1 is 1.26 bits per heavy atom. The third-order valence-electron chi connectivity index (χ3n) is 4.93. The van der Waals surface area contributed by atoms with E-state index in [4.69, 9.17) is 4.74 Å². The molecular formula is C26H29NO3S. The molecule has 0 unspecified atom stereocenters. The molecule has 1 fully saturated rings. The number of nitrogens with zero attached hydrogens (tertiary/aromatic N) is 1. The molecule has 0 spiro atoms. The number of rotatable bonds is 7. The Morgan fingerprint density at radius 3 is 2.52 bits per heavy atom. The third kappa shape index (κ3) is 5.82. The van der Waals surface area contributed by atoms with Gasteiger partial charge in [-0.1, -0.05) is 30.3 Å². The van der Waals surface area contributed by atoms with Gasteiger partial charge in [0.2, 0.25) is 0 Å². The van der Waals surface area contributed by atoms with Gasteiger partial charge in [0.05, 0.1) is 7.11 Å². The van der Waals surface area contributed by atoms with Crippen LogP contribution >= 0.6 is 11.8 Å². The second-order valence-corrected chi connectivity index (χ2v) is 8.94. The van der Waals surface area contributed by atoms with Crippen molar-refractivity contribution in [3.8, 4) is 16.9 Å². The molecule has 3 aromatic rings. The highest BCUT2D eigenvalue weighted by atomic mass is 32.2. The summed E-state index contributed by atoms with van der Waals surface area (Å²) in [5.74, 6) is -0.148. The van der Waals surface area contributed by atoms with E-state index < -0.39 is 5.97 Å². The summed E-state index contributed by atoms with van der Waals surface area (Å²) >= 11 is 1.91. The molecule has 4 nitrogen and oxygen atoms in total. The number of aromatic nitrogens is 1. The number of carbonyl (C=O) groups is 1. The van der Waals surface area contributed by atoms with E-state index >= 15 is 0 Å². The van der Waals surface area contributed by atoms with Crippen molar-refractivity contribution in [2.45, 2.75) is 43.4 Å². The maximum absolute atomic E-state index is 12.1. The van der Waals surface area contributed by atoms with E-state index in [1.165, 1.54) is 17.7 Å². The Morgan fingerprint density at radius 2 is 1.94 bits per heavy atom. The molecule has 2 aromatic carbocycles. The molecule has 0 aliphatic heterocycles. The number of aryl methyl sites for hydroxylation is 1. The smallest absolute Gasteiger partial charge is 0.353 e. The lowest BCUT2D eigenvalue weighted by Gasteiger charge is -2.10. The molecule has 1 saturated carbocycles. The first-order valence-electron chi connectivity index (χ1n) is 10.4. The molecule has 1 N–H and O–H groups in total. The van der Waals surface area contributed by atoms with Crippen LogP contribution in [0.1, 0.15) is 41.4 Å². The molecule has 5 heteroatoms. The first-order valence-corrected chi connectivity index (χ1v) is 11.2. The van der Waals surface area contributed by atoms with Crippen molar-refractivity contribution in [3.05, 3.63) is 84.2 Å². The van der Waals surface area contributed by atoms with Crippen molar-refractivity contribution >= 4 is 17.7 Å². The summed E-state index contributed by atoms with van der Waals surface area (Å²) in [6.45, 7) is 7.70. The summed E-state index contributed by atoms with van der Waals surface area (Å²) in [7, 11) is 1.63. The average Bonchev–Trinajstić information content (AvgIpc) is 3.50. The van der Waals surface area contributed by atoms with Crippen LogP contribution in [-0.2, 0) is 6.54 Å². The van der Waals surface area contributed by atoms with E-state index in [0.29, 0.717) is 12.2 Å². The van der Waals surface area contributed by atoms with Crippen molar-refractivity contribution in [2.75, 3.05) is 7.11 Å². The number of methoxy groups -OCH3 is 1. The normalized spacial score (nSPS) is 12.6. The Balaban J connectivity index is 0.000000858. The Hall–Kier alpha value is -2.92. The molecule has 0 radical (unpaired) electrons. The summed E-state index contributed by atoms with van der Waals surface area (Å²) in [6.07, 6.45) is 6.26. The monoisotopic (exact) mass is 435 g/mol. The highest BCUT2D eigenvalue weighted by Crippen LogP contribution is 2.40. The number of benzene rings is 2. The zero-order valence-electron chi connectivity index (χ0n) is 18.3. The number of hydrogen-bond acceptors (Lipinski definition) is 3. The number of carboxylic acids is 1. The van der Waals surface area contributed by atoms with Gasteiger partial charge in [0, 0.05) is 28.5 Å². The van der Waals surface area contributed by atoms with Gasteiger partial charge in [0.25, 0.3) is 0 Å². The van der Waals surface area contributed by atoms with Gasteiger partial charge < -0.3 is 14.4 Å². The van der Waals surface area contributed by atoms with Crippen LogP contribution in [0.25, 0.3) is 11.1 Å². The average molecular weight is 436 g/mol. The summed E-state index contributed by atoms with van der Waals surface area (Å²) in [6, 6.07) is 16.0. The lowest BCUT2D eigenvalue weighted by molar-refractivity contribution is 0.0686. The quantitative estimate of drug-likeness (QED) is 0.421. The van der Waals surface area contributed by atoms with Crippen molar-refractivity contribution in [3.63, 3.8) is 0 Å². The fraction of sp³-hybridized carbons (Fsp3) is 0.269. The summed E-state index contributed by atoms with van der Waals surface area (Å²) in [5, 5.41) is 10.7. The summed E-state index contributed by atoms with van der Waals surface area (Å²) < 4.78 is 7.10. The molecule has 1 aliphatic carbocycles. The molecule has 0 bridgehead atoms. The first-order chi connectivity index (χ1) is 15.0. The fourth-order valence-electron chi connectivity index (χ4n) is 3.46.